The number of nitrogens with one attached hydrogen (secondary N) is 3. The van der Waals surface area contributed by atoms with Crippen molar-refractivity contribution in [1.29, 1.82) is 0 Å². The molecule has 4 aromatic rings. The van der Waals surface area contributed by atoms with E-state index in [4.69, 9.17) is 11.6 Å². The molecular formula is C26H22ClN3O5S2. The van der Waals surface area contributed by atoms with Crippen LogP contribution in [0.15, 0.2) is 107 Å². The van der Waals surface area contributed by atoms with Crippen LogP contribution in [0.25, 0.3) is 0 Å². The molecule has 0 aliphatic rings. The fraction of sp³-hybridized carbons (Fsp3) is 0.0385. The molecule has 1 amide bonds. The van der Waals surface area contributed by atoms with Crippen LogP contribution in [0, 0.1) is 6.92 Å². The molecule has 0 saturated carbocycles. The molecule has 0 aliphatic carbocycles. The van der Waals surface area contributed by atoms with Gasteiger partial charge in [0.2, 0.25) is 0 Å². The van der Waals surface area contributed by atoms with Gasteiger partial charge >= 0.3 is 0 Å². The predicted molar refractivity (Wildman–Crippen MR) is 145 cm³/mol. The van der Waals surface area contributed by atoms with Crippen molar-refractivity contribution < 1.29 is 21.6 Å². The molecule has 4 aromatic carbocycles. The van der Waals surface area contributed by atoms with Crippen LogP contribution in [0.1, 0.15) is 15.9 Å². The van der Waals surface area contributed by atoms with Gasteiger partial charge in [0.15, 0.2) is 0 Å². The fourth-order valence-corrected chi connectivity index (χ4v) is 5.87. The van der Waals surface area contributed by atoms with E-state index in [9.17, 15) is 21.6 Å². The van der Waals surface area contributed by atoms with Crippen molar-refractivity contribution in [3.05, 3.63) is 113 Å². The van der Waals surface area contributed by atoms with E-state index in [2.05, 4.69) is 14.8 Å². The number of hydrogen-bond donors (Lipinski definition) is 3. The van der Waals surface area contributed by atoms with Crippen molar-refractivity contribution in [3.63, 3.8) is 0 Å². The minimum atomic E-state index is -3.85. The second-order valence-electron chi connectivity index (χ2n) is 8.01. The number of carbonyl (C=O) groups excluding carboxylic acids is 1. The molecule has 0 unspecified atom stereocenters. The van der Waals surface area contributed by atoms with Crippen molar-refractivity contribution in [3.8, 4) is 0 Å². The minimum Gasteiger partial charge on any atom is -0.322 e. The zero-order valence-corrected chi connectivity index (χ0v) is 21.9. The van der Waals surface area contributed by atoms with E-state index in [1.54, 1.807) is 43.3 Å². The zero-order chi connectivity index (χ0) is 26.6. The molecule has 0 heterocycles. The molecule has 0 fully saturated rings. The highest BCUT2D eigenvalue weighted by Crippen LogP contribution is 2.27. The smallest absolute Gasteiger partial charge is 0.261 e. The van der Waals surface area contributed by atoms with Gasteiger partial charge in [-0.3, -0.25) is 14.2 Å². The number of carbonyl (C=O) groups is 1. The maximum atomic E-state index is 12.7. The van der Waals surface area contributed by atoms with Gasteiger partial charge in [-0.1, -0.05) is 48.0 Å². The summed E-state index contributed by atoms with van der Waals surface area (Å²) >= 11 is 6.24. The van der Waals surface area contributed by atoms with Gasteiger partial charge in [0.1, 0.15) is 0 Å². The van der Waals surface area contributed by atoms with Gasteiger partial charge in [0.05, 0.1) is 26.2 Å². The Morgan fingerprint density at radius 2 is 1.24 bits per heavy atom. The van der Waals surface area contributed by atoms with Gasteiger partial charge < -0.3 is 5.32 Å². The summed E-state index contributed by atoms with van der Waals surface area (Å²) in [5.74, 6) is -0.506. The molecule has 0 bridgehead atoms. The summed E-state index contributed by atoms with van der Waals surface area (Å²) in [6.45, 7) is 1.80. The van der Waals surface area contributed by atoms with Gasteiger partial charge in [-0.25, -0.2) is 16.8 Å². The highest BCUT2D eigenvalue weighted by atomic mass is 35.5. The Bertz CT molecular complexity index is 1660. The molecule has 0 spiro atoms. The van der Waals surface area contributed by atoms with Gasteiger partial charge in [0.25, 0.3) is 26.0 Å². The van der Waals surface area contributed by atoms with Crippen LogP contribution in [-0.2, 0) is 20.0 Å². The summed E-state index contributed by atoms with van der Waals surface area (Å²) in [5.41, 5.74) is 1.94. The third-order valence-electron chi connectivity index (χ3n) is 5.34. The maximum Gasteiger partial charge on any atom is 0.261 e. The number of para-hydroxylation sites is 1. The first-order chi connectivity index (χ1) is 17.5. The highest BCUT2D eigenvalue weighted by molar-refractivity contribution is 7.93. The Balaban J connectivity index is 1.44. The average Bonchev–Trinajstić information content (AvgIpc) is 2.87. The Kier molecular flexibility index (Phi) is 7.53. The largest absolute Gasteiger partial charge is 0.322 e. The third-order valence-corrected chi connectivity index (χ3v) is 8.42. The van der Waals surface area contributed by atoms with Crippen LogP contribution in [-0.4, -0.2) is 22.7 Å². The lowest BCUT2D eigenvalue weighted by Crippen LogP contribution is -2.15. The zero-order valence-electron chi connectivity index (χ0n) is 19.5. The van der Waals surface area contributed by atoms with Gasteiger partial charge in [-0.15, -0.1) is 0 Å². The third kappa shape index (κ3) is 6.29. The second kappa shape index (κ2) is 10.6. The van der Waals surface area contributed by atoms with Gasteiger partial charge in [-0.05, 0) is 73.2 Å². The summed E-state index contributed by atoms with van der Waals surface area (Å²) in [6, 6.07) is 24.7. The number of aryl methyl sites for hydroxylation is 1. The van der Waals surface area contributed by atoms with Crippen LogP contribution < -0.4 is 14.8 Å². The van der Waals surface area contributed by atoms with Crippen LogP contribution >= 0.6 is 11.6 Å². The topological polar surface area (TPSA) is 121 Å². The number of benzene rings is 4. The highest BCUT2D eigenvalue weighted by Gasteiger charge is 2.18. The standard InChI is InChI=1S/C26H22ClN3O5S2/c1-18-7-5-6-10-24(18)29-37(34,35)22-14-12-20(13-15-22)28-26(31)19-11-16-25(23(27)17-19)30-36(32,33)21-8-3-2-4-9-21/h2-17,29-30H,1H3,(H,28,31). The lowest BCUT2D eigenvalue weighted by molar-refractivity contribution is 0.102. The van der Waals surface area contributed by atoms with E-state index >= 15 is 0 Å². The van der Waals surface area contributed by atoms with E-state index < -0.39 is 26.0 Å². The number of anilines is 3. The van der Waals surface area contributed by atoms with Crippen molar-refractivity contribution >= 4 is 54.6 Å². The van der Waals surface area contributed by atoms with Crippen LogP contribution in [0.2, 0.25) is 5.02 Å². The molecule has 3 N–H and O–H groups in total. The molecule has 0 saturated heterocycles. The summed E-state index contributed by atoms with van der Waals surface area (Å²) in [6.07, 6.45) is 0. The first-order valence-corrected chi connectivity index (χ1v) is 14.3. The van der Waals surface area contributed by atoms with E-state index in [0.717, 1.165) is 5.56 Å². The number of rotatable bonds is 8. The van der Waals surface area contributed by atoms with E-state index in [1.165, 1.54) is 54.6 Å². The molecule has 0 radical (unpaired) electrons. The van der Waals surface area contributed by atoms with Gasteiger partial charge in [0, 0.05) is 11.3 Å². The molecular weight excluding hydrogens is 534 g/mol. The number of hydrogen-bond acceptors (Lipinski definition) is 5. The van der Waals surface area contributed by atoms with Crippen LogP contribution in [0.5, 0.6) is 0 Å². The van der Waals surface area contributed by atoms with Gasteiger partial charge in [-0.2, -0.15) is 0 Å². The monoisotopic (exact) mass is 555 g/mol. The van der Waals surface area contributed by atoms with E-state index in [0.29, 0.717) is 11.4 Å². The molecule has 4 rings (SSSR count). The SMILES string of the molecule is Cc1ccccc1NS(=O)(=O)c1ccc(NC(=O)c2ccc(NS(=O)(=O)c3ccccc3)c(Cl)c2)cc1. The van der Waals surface area contributed by atoms with Crippen molar-refractivity contribution in [2.24, 2.45) is 0 Å². The molecule has 0 aromatic heterocycles. The fourth-order valence-electron chi connectivity index (χ4n) is 3.35. The molecule has 0 atom stereocenters. The summed E-state index contributed by atoms with van der Waals surface area (Å²) < 4.78 is 55.4. The summed E-state index contributed by atoms with van der Waals surface area (Å²) in [4.78, 5) is 12.8. The number of sulfonamides is 2. The van der Waals surface area contributed by atoms with Crippen LogP contribution in [0.4, 0.5) is 17.1 Å². The Morgan fingerprint density at radius 1 is 0.676 bits per heavy atom. The summed E-state index contributed by atoms with van der Waals surface area (Å²) in [7, 11) is -7.66. The molecule has 190 valence electrons. The first kappa shape index (κ1) is 26.2. The first-order valence-electron chi connectivity index (χ1n) is 10.9. The van der Waals surface area contributed by atoms with Crippen LogP contribution in [0.3, 0.4) is 0 Å². The Morgan fingerprint density at radius 3 is 1.86 bits per heavy atom. The Hall–Kier alpha value is -3.86. The second-order valence-corrected chi connectivity index (χ2v) is 11.8. The van der Waals surface area contributed by atoms with Crippen molar-refractivity contribution in [1.82, 2.24) is 0 Å². The Labute approximate surface area is 220 Å². The maximum absolute atomic E-state index is 12.7. The number of amides is 1. The van der Waals surface area contributed by atoms with Crippen molar-refractivity contribution in [2.75, 3.05) is 14.8 Å². The normalized spacial score (nSPS) is 11.5. The summed E-state index contributed by atoms with van der Waals surface area (Å²) in [5, 5.41) is 2.70. The van der Waals surface area contributed by atoms with E-state index in [-0.39, 0.29) is 26.1 Å². The average molecular weight is 556 g/mol. The molecule has 11 heteroatoms. The quantitative estimate of drug-likeness (QED) is 0.265. The lowest BCUT2D eigenvalue weighted by Gasteiger charge is -2.12. The molecule has 37 heavy (non-hydrogen) atoms. The molecule has 8 nitrogen and oxygen atoms in total. The predicted octanol–water partition coefficient (Wildman–Crippen LogP) is 5.50. The van der Waals surface area contributed by atoms with E-state index in [1.807, 2.05) is 6.07 Å². The lowest BCUT2D eigenvalue weighted by atomic mass is 10.2. The number of halogens is 1. The van der Waals surface area contributed by atoms with Crippen molar-refractivity contribution in [2.45, 2.75) is 16.7 Å². The molecule has 0 aliphatic heterocycles. The minimum absolute atomic E-state index is 0.0341.